The van der Waals surface area contributed by atoms with E-state index < -0.39 is 0 Å². The van der Waals surface area contributed by atoms with Gasteiger partial charge in [-0.15, -0.1) is 0 Å². The third-order valence-electron chi connectivity index (χ3n) is 3.96. The van der Waals surface area contributed by atoms with E-state index in [0.717, 1.165) is 37.6 Å². The first kappa shape index (κ1) is 15.1. The molecule has 2 rings (SSSR count). The van der Waals surface area contributed by atoms with Gasteiger partial charge in [0.1, 0.15) is 0 Å². The highest BCUT2D eigenvalue weighted by Gasteiger charge is 2.13. The largest absolute Gasteiger partial charge is 0.493 e. The molecule has 0 amide bonds. The molecule has 1 N–H and O–H groups in total. The lowest BCUT2D eigenvalue weighted by Gasteiger charge is -2.19. The second-order valence-corrected chi connectivity index (χ2v) is 5.42. The molecular weight excluding hydrogens is 252 g/mol. The fraction of sp³-hybridized carbons (Fsp3) is 0.625. The molecule has 4 nitrogen and oxygen atoms in total. The second-order valence-electron chi connectivity index (χ2n) is 5.42. The fourth-order valence-electron chi connectivity index (χ4n) is 2.61. The molecule has 1 fully saturated rings. The maximum absolute atomic E-state index is 5.35. The third kappa shape index (κ3) is 4.12. The molecule has 0 saturated carbocycles. The van der Waals surface area contributed by atoms with E-state index in [4.69, 9.17) is 9.47 Å². The van der Waals surface area contributed by atoms with Gasteiger partial charge in [-0.05, 0) is 44.0 Å². The fourth-order valence-corrected chi connectivity index (χ4v) is 2.61. The summed E-state index contributed by atoms with van der Waals surface area (Å²) in [7, 11) is 3.35. The van der Waals surface area contributed by atoms with Crippen molar-refractivity contribution >= 4 is 0 Å². The van der Waals surface area contributed by atoms with Gasteiger partial charge in [0, 0.05) is 25.7 Å². The number of rotatable bonds is 5. The van der Waals surface area contributed by atoms with Crippen LogP contribution in [-0.4, -0.2) is 51.3 Å². The van der Waals surface area contributed by atoms with Gasteiger partial charge in [-0.1, -0.05) is 6.07 Å². The van der Waals surface area contributed by atoms with Crippen LogP contribution < -0.4 is 14.8 Å². The van der Waals surface area contributed by atoms with Crippen molar-refractivity contribution in [1.82, 2.24) is 10.2 Å². The van der Waals surface area contributed by atoms with Crippen LogP contribution in [-0.2, 0) is 6.42 Å². The van der Waals surface area contributed by atoms with Crippen molar-refractivity contribution in [2.75, 3.05) is 40.4 Å². The van der Waals surface area contributed by atoms with Gasteiger partial charge in [0.15, 0.2) is 11.5 Å². The molecule has 1 aromatic carbocycles. The van der Waals surface area contributed by atoms with Crippen molar-refractivity contribution in [2.45, 2.75) is 25.8 Å². The topological polar surface area (TPSA) is 33.7 Å². The number of ether oxygens (including phenoxy) is 2. The van der Waals surface area contributed by atoms with E-state index in [1.807, 2.05) is 6.07 Å². The number of methoxy groups -OCH3 is 2. The molecule has 1 atom stereocenters. The van der Waals surface area contributed by atoms with E-state index in [2.05, 4.69) is 29.3 Å². The number of hydrogen-bond donors (Lipinski definition) is 1. The predicted octanol–water partition coefficient (Wildman–Crippen LogP) is 1.93. The zero-order chi connectivity index (χ0) is 14.4. The maximum Gasteiger partial charge on any atom is 0.160 e. The monoisotopic (exact) mass is 278 g/mol. The molecule has 0 radical (unpaired) electrons. The molecule has 0 bridgehead atoms. The van der Waals surface area contributed by atoms with Crippen LogP contribution in [0.5, 0.6) is 11.5 Å². The Morgan fingerprint density at radius 3 is 2.75 bits per heavy atom. The highest BCUT2D eigenvalue weighted by Crippen LogP contribution is 2.27. The van der Waals surface area contributed by atoms with Gasteiger partial charge >= 0.3 is 0 Å². The zero-order valence-corrected chi connectivity index (χ0v) is 12.8. The summed E-state index contributed by atoms with van der Waals surface area (Å²) in [4.78, 5) is 2.53. The zero-order valence-electron chi connectivity index (χ0n) is 12.8. The highest BCUT2D eigenvalue weighted by atomic mass is 16.5. The van der Waals surface area contributed by atoms with Crippen LogP contribution in [0, 0.1) is 0 Å². The molecule has 0 aromatic heterocycles. The van der Waals surface area contributed by atoms with Crippen LogP contribution in [0.1, 0.15) is 18.9 Å². The molecule has 1 saturated heterocycles. The minimum atomic E-state index is 0.640. The minimum Gasteiger partial charge on any atom is -0.493 e. The van der Waals surface area contributed by atoms with E-state index in [1.54, 1.807) is 14.2 Å². The highest BCUT2D eigenvalue weighted by molar-refractivity contribution is 5.42. The molecule has 20 heavy (non-hydrogen) atoms. The minimum absolute atomic E-state index is 0.640. The predicted molar refractivity (Wildman–Crippen MR) is 81.8 cm³/mol. The van der Waals surface area contributed by atoms with Crippen LogP contribution in [0.4, 0.5) is 0 Å². The molecule has 1 heterocycles. The van der Waals surface area contributed by atoms with Crippen LogP contribution in [0.25, 0.3) is 0 Å². The van der Waals surface area contributed by atoms with Gasteiger partial charge in [-0.25, -0.2) is 0 Å². The first-order chi connectivity index (χ1) is 9.72. The first-order valence-electron chi connectivity index (χ1n) is 7.39. The number of hydrogen-bond acceptors (Lipinski definition) is 4. The number of benzene rings is 1. The van der Waals surface area contributed by atoms with Crippen molar-refractivity contribution in [3.63, 3.8) is 0 Å². The Morgan fingerprint density at radius 1 is 1.20 bits per heavy atom. The number of nitrogens with one attached hydrogen (secondary N) is 1. The van der Waals surface area contributed by atoms with E-state index in [1.165, 1.54) is 18.5 Å². The Morgan fingerprint density at radius 2 is 2.00 bits per heavy atom. The smallest absolute Gasteiger partial charge is 0.160 e. The molecule has 4 heteroatoms. The summed E-state index contributed by atoms with van der Waals surface area (Å²) >= 11 is 0. The Bertz CT molecular complexity index is 423. The van der Waals surface area contributed by atoms with Gasteiger partial charge < -0.3 is 19.7 Å². The Kier molecular flexibility index (Phi) is 5.68. The molecular formula is C16H26N2O2. The van der Waals surface area contributed by atoms with Crippen molar-refractivity contribution < 1.29 is 9.47 Å². The average Bonchev–Trinajstić information content (AvgIpc) is 2.69. The van der Waals surface area contributed by atoms with Crippen LogP contribution in [0.2, 0.25) is 0 Å². The maximum atomic E-state index is 5.35. The van der Waals surface area contributed by atoms with Crippen molar-refractivity contribution in [3.8, 4) is 11.5 Å². The Balaban J connectivity index is 1.90. The summed E-state index contributed by atoms with van der Waals surface area (Å²) in [6.45, 7) is 6.77. The van der Waals surface area contributed by atoms with Gasteiger partial charge in [0.25, 0.3) is 0 Å². The molecule has 1 aliphatic heterocycles. The lowest BCUT2D eigenvalue weighted by Crippen LogP contribution is -2.30. The van der Waals surface area contributed by atoms with Crippen LogP contribution >= 0.6 is 0 Å². The van der Waals surface area contributed by atoms with Gasteiger partial charge in [0.05, 0.1) is 14.2 Å². The Hall–Kier alpha value is -1.26. The summed E-state index contributed by atoms with van der Waals surface area (Å²) in [5.41, 5.74) is 1.30. The molecule has 1 unspecified atom stereocenters. The van der Waals surface area contributed by atoms with Gasteiger partial charge in [-0.3, -0.25) is 0 Å². The third-order valence-corrected chi connectivity index (χ3v) is 3.96. The summed E-state index contributed by atoms with van der Waals surface area (Å²) in [6, 6.07) is 6.83. The van der Waals surface area contributed by atoms with E-state index >= 15 is 0 Å². The molecule has 0 spiro atoms. The lowest BCUT2D eigenvalue weighted by atomic mass is 10.1. The van der Waals surface area contributed by atoms with Crippen LogP contribution in [0.15, 0.2) is 18.2 Å². The van der Waals surface area contributed by atoms with Crippen molar-refractivity contribution in [2.24, 2.45) is 0 Å². The molecule has 1 aliphatic rings. The lowest BCUT2D eigenvalue weighted by molar-refractivity contribution is 0.294. The van der Waals surface area contributed by atoms with Crippen molar-refractivity contribution in [1.29, 1.82) is 0 Å². The van der Waals surface area contributed by atoms with Crippen LogP contribution in [0.3, 0.4) is 0 Å². The van der Waals surface area contributed by atoms with E-state index in [0.29, 0.717) is 6.04 Å². The molecule has 1 aromatic rings. The Labute approximate surface area is 122 Å². The van der Waals surface area contributed by atoms with Gasteiger partial charge in [0.2, 0.25) is 0 Å². The summed E-state index contributed by atoms with van der Waals surface area (Å²) in [5.74, 6) is 1.61. The average molecular weight is 278 g/mol. The van der Waals surface area contributed by atoms with Gasteiger partial charge in [-0.2, -0.15) is 0 Å². The molecule has 0 aliphatic carbocycles. The number of nitrogens with zero attached hydrogens (tertiary/aromatic N) is 1. The molecule has 112 valence electrons. The van der Waals surface area contributed by atoms with E-state index in [9.17, 15) is 0 Å². The van der Waals surface area contributed by atoms with E-state index in [-0.39, 0.29) is 0 Å². The summed E-state index contributed by atoms with van der Waals surface area (Å²) < 4.78 is 10.6. The second kappa shape index (κ2) is 7.50. The van der Waals surface area contributed by atoms with Crippen molar-refractivity contribution in [3.05, 3.63) is 23.8 Å². The SMILES string of the molecule is COc1ccc(CCN2CCNC(C)CC2)cc1OC. The summed E-state index contributed by atoms with van der Waals surface area (Å²) in [6.07, 6.45) is 2.28. The first-order valence-corrected chi connectivity index (χ1v) is 7.39. The normalized spacial score (nSPS) is 20.4. The quantitative estimate of drug-likeness (QED) is 0.892. The summed E-state index contributed by atoms with van der Waals surface area (Å²) in [5, 5.41) is 3.53. The standard InChI is InChI=1S/C16H26N2O2/c1-13-6-9-18(11-8-17-13)10-7-14-4-5-15(19-2)16(12-14)20-3/h4-5,12-13,17H,6-11H2,1-3H3.